The average molecular weight is 197 g/mol. The number of esters is 1. The Balaban J connectivity index is 3.19. The highest BCUT2D eigenvalue weighted by Gasteiger charge is 2.24. The van der Waals surface area contributed by atoms with E-state index in [1.165, 1.54) is 7.11 Å². The van der Waals surface area contributed by atoms with E-state index in [4.69, 9.17) is 4.52 Å². The number of methoxy groups -OCH3 is 1. The number of ketones is 1. The molecule has 14 heavy (non-hydrogen) atoms. The third-order valence-electron chi connectivity index (χ3n) is 1.83. The predicted molar refractivity (Wildman–Crippen MR) is 47.2 cm³/mol. The van der Waals surface area contributed by atoms with Crippen LogP contribution in [0.25, 0.3) is 0 Å². The molecule has 0 aliphatic rings. The molecular weight excluding hydrogens is 186 g/mol. The molecule has 0 aliphatic carbocycles. The molecule has 0 fully saturated rings. The Labute approximate surface area is 81.0 Å². The first-order chi connectivity index (χ1) is 6.61. The highest BCUT2D eigenvalue weighted by atomic mass is 16.5. The fourth-order valence-corrected chi connectivity index (χ4v) is 1.06. The van der Waals surface area contributed by atoms with E-state index in [0.29, 0.717) is 5.69 Å². The van der Waals surface area contributed by atoms with Gasteiger partial charge in [-0.1, -0.05) is 12.1 Å². The molecule has 0 amide bonds. The van der Waals surface area contributed by atoms with Crippen LogP contribution in [-0.4, -0.2) is 24.0 Å². The lowest BCUT2D eigenvalue weighted by Gasteiger charge is -1.97. The van der Waals surface area contributed by atoms with Gasteiger partial charge in [0.2, 0.25) is 11.5 Å². The van der Waals surface area contributed by atoms with Gasteiger partial charge in [-0.25, -0.2) is 4.79 Å². The van der Waals surface area contributed by atoms with Crippen molar-refractivity contribution in [1.29, 1.82) is 0 Å². The summed E-state index contributed by atoms with van der Waals surface area (Å²) in [6, 6.07) is 0. The molecule has 0 saturated carbocycles. The van der Waals surface area contributed by atoms with Gasteiger partial charge < -0.3 is 9.26 Å². The number of aryl methyl sites for hydroxylation is 1. The Morgan fingerprint density at radius 2 is 2.14 bits per heavy atom. The van der Waals surface area contributed by atoms with Gasteiger partial charge in [-0.3, -0.25) is 4.79 Å². The average Bonchev–Trinajstić information content (AvgIpc) is 2.58. The van der Waals surface area contributed by atoms with Crippen molar-refractivity contribution in [3.05, 3.63) is 17.0 Å². The van der Waals surface area contributed by atoms with E-state index in [1.807, 2.05) is 0 Å². The van der Waals surface area contributed by atoms with Crippen molar-refractivity contribution in [2.45, 2.75) is 20.3 Å². The number of carbonyl (C=O) groups excluding carboxylic acids is 2. The lowest BCUT2D eigenvalue weighted by atomic mass is 10.1. The van der Waals surface area contributed by atoms with E-state index in [9.17, 15) is 9.59 Å². The van der Waals surface area contributed by atoms with Gasteiger partial charge in [0.25, 0.3) is 0 Å². The summed E-state index contributed by atoms with van der Waals surface area (Å²) in [7, 11) is 1.25. The standard InChI is InChI=1S/C9H11NO4/c1-4-6(11)8-7(9(12)13-3)5(2)10-14-8/h4H2,1-3H3. The van der Waals surface area contributed by atoms with E-state index in [-0.39, 0.29) is 23.5 Å². The molecule has 0 aromatic carbocycles. The maximum absolute atomic E-state index is 11.3. The van der Waals surface area contributed by atoms with Crippen LogP contribution in [0.3, 0.4) is 0 Å². The maximum atomic E-state index is 11.3. The van der Waals surface area contributed by atoms with Crippen molar-refractivity contribution in [1.82, 2.24) is 5.16 Å². The molecule has 0 N–H and O–H groups in total. The Kier molecular flexibility index (Phi) is 3.01. The van der Waals surface area contributed by atoms with Crippen molar-refractivity contribution < 1.29 is 18.8 Å². The summed E-state index contributed by atoms with van der Waals surface area (Å²) in [6.45, 7) is 3.27. The SMILES string of the molecule is CCC(=O)c1onc(C)c1C(=O)OC. The Bertz CT molecular complexity index is 367. The highest BCUT2D eigenvalue weighted by Crippen LogP contribution is 2.16. The molecule has 1 rings (SSSR count). The Hall–Kier alpha value is -1.65. The highest BCUT2D eigenvalue weighted by molar-refractivity contribution is 6.04. The van der Waals surface area contributed by atoms with Crippen LogP contribution in [-0.2, 0) is 4.74 Å². The topological polar surface area (TPSA) is 69.4 Å². The molecule has 0 saturated heterocycles. The third-order valence-corrected chi connectivity index (χ3v) is 1.83. The summed E-state index contributed by atoms with van der Waals surface area (Å²) >= 11 is 0. The van der Waals surface area contributed by atoms with E-state index in [0.717, 1.165) is 0 Å². The number of hydrogen-bond acceptors (Lipinski definition) is 5. The molecule has 0 atom stereocenters. The zero-order chi connectivity index (χ0) is 10.7. The van der Waals surface area contributed by atoms with Crippen molar-refractivity contribution in [2.24, 2.45) is 0 Å². The van der Waals surface area contributed by atoms with Crippen LogP contribution >= 0.6 is 0 Å². The van der Waals surface area contributed by atoms with Crippen LogP contribution in [0, 0.1) is 6.92 Å². The Morgan fingerprint density at radius 3 is 2.64 bits per heavy atom. The molecule has 1 aromatic heterocycles. The van der Waals surface area contributed by atoms with Gasteiger partial charge in [-0.05, 0) is 6.92 Å². The fourth-order valence-electron chi connectivity index (χ4n) is 1.06. The predicted octanol–water partition coefficient (Wildman–Crippen LogP) is 1.36. The molecule has 0 unspecified atom stereocenters. The number of aromatic nitrogens is 1. The minimum atomic E-state index is -0.597. The molecule has 1 heterocycles. The molecule has 0 spiro atoms. The molecule has 0 radical (unpaired) electrons. The smallest absolute Gasteiger partial charge is 0.343 e. The van der Waals surface area contributed by atoms with E-state index in [1.54, 1.807) is 13.8 Å². The van der Waals surface area contributed by atoms with Gasteiger partial charge in [0.1, 0.15) is 5.56 Å². The molecule has 1 aromatic rings. The number of carbonyl (C=O) groups is 2. The third kappa shape index (κ3) is 1.66. The monoisotopic (exact) mass is 197 g/mol. The van der Waals surface area contributed by atoms with Crippen molar-refractivity contribution in [2.75, 3.05) is 7.11 Å². The minimum Gasteiger partial charge on any atom is -0.465 e. The summed E-state index contributed by atoms with van der Waals surface area (Å²) in [4.78, 5) is 22.6. The van der Waals surface area contributed by atoms with Crippen molar-refractivity contribution in [3.63, 3.8) is 0 Å². The molecule has 0 aliphatic heterocycles. The van der Waals surface area contributed by atoms with E-state index >= 15 is 0 Å². The van der Waals surface area contributed by atoms with Crippen molar-refractivity contribution in [3.8, 4) is 0 Å². The normalized spacial score (nSPS) is 9.93. The maximum Gasteiger partial charge on any atom is 0.343 e. The van der Waals surface area contributed by atoms with Gasteiger partial charge in [0, 0.05) is 6.42 Å². The van der Waals surface area contributed by atoms with Gasteiger partial charge in [0.15, 0.2) is 0 Å². The summed E-state index contributed by atoms with van der Waals surface area (Å²) in [5.74, 6) is -0.872. The van der Waals surface area contributed by atoms with Gasteiger partial charge in [-0.15, -0.1) is 0 Å². The number of nitrogens with zero attached hydrogens (tertiary/aromatic N) is 1. The summed E-state index contributed by atoms with van der Waals surface area (Å²) in [6.07, 6.45) is 0.263. The first-order valence-corrected chi connectivity index (χ1v) is 4.19. The van der Waals surface area contributed by atoms with Crippen LogP contribution < -0.4 is 0 Å². The number of hydrogen-bond donors (Lipinski definition) is 0. The van der Waals surface area contributed by atoms with E-state index in [2.05, 4.69) is 9.89 Å². The molecule has 5 nitrogen and oxygen atoms in total. The number of rotatable bonds is 3. The quantitative estimate of drug-likeness (QED) is 0.540. The second-order valence-electron chi connectivity index (χ2n) is 2.74. The first kappa shape index (κ1) is 10.4. The van der Waals surface area contributed by atoms with Crippen LogP contribution in [0.5, 0.6) is 0 Å². The largest absolute Gasteiger partial charge is 0.465 e. The molecule has 76 valence electrons. The van der Waals surface area contributed by atoms with E-state index < -0.39 is 5.97 Å². The number of Topliss-reactive ketones (excluding diaryl/α,β-unsaturated/α-hetero) is 1. The van der Waals surface area contributed by atoms with Gasteiger partial charge >= 0.3 is 5.97 Å². The summed E-state index contributed by atoms with van der Waals surface area (Å²) in [5.41, 5.74) is 0.494. The number of ether oxygens (including phenoxy) is 1. The lowest BCUT2D eigenvalue weighted by molar-refractivity contribution is 0.0594. The van der Waals surface area contributed by atoms with Gasteiger partial charge in [-0.2, -0.15) is 0 Å². The molecule has 5 heteroatoms. The fraction of sp³-hybridized carbons (Fsp3) is 0.444. The van der Waals surface area contributed by atoms with Crippen molar-refractivity contribution >= 4 is 11.8 Å². The zero-order valence-electron chi connectivity index (χ0n) is 8.29. The summed E-state index contributed by atoms with van der Waals surface area (Å²) in [5, 5.41) is 3.56. The molecular formula is C9H11NO4. The van der Waals surface area contributed by atoms with Crippen LogP contribution in [0.1, 0.15) is 40.0 Å². The van der Waals surface area contributed by atoms with Crippen LogP contribution in [0.15, 0.2) is 4.52 Å². The second-order valence-corrected chi connectivity index (χ2v) is 2.74. The van der Waals surface area contributed by atoms with Crippen LogP contribution in [0.2, 0.25) is 0 Å². The van der Waals surface area contributed by atoms with Crippen LogP contribution in [0.4, 0.5) is 0 Å². The molecule has 0 bridgehead atoms. The van der Waals surface area contributed by atoms with Gasteiger partial charge in [0.05, 0.1) is 12.8 Å². The second kappa shape index (κ2) is 4.04. The summed E-state index contributed by atoms with van der Waals surface area (Å²) < 4.78 is 9.29. The Morgan fingerprint density at radius 1 is 1.50 bits per heavy atom. The minimum absolute atomic E-state index is 0.0168. The lowest BCUT2D eigenvalue weighted by Crippen LogP contribution is -2.08. The first-order valence-electron chi connectivity index (χ1n) is 4.19. The zero-order valence-corrected chi connectivity index (χ0v) is 8.29.